The molecule has 0 heterocycles. The largest absolute Gasteiger partial charge is 0.249 e. The van der Waals surface area contributed by atoms with Crippen molar-refractivity contribution < 1.29 is 0 Å². The van der Waals surface area contributed by atoms with Crippen molar-refractivity contribution in [3.63, 3.8) is 0 Å². The number of hydrogen-bond donors (Lipinski definition) is 0. The standard InChI is InChI=1S/C45H45ClSi/c1-31-22-25-40(28-37-16-10-7-11-17-37)43(34(31)4)47(46,44-35(5)32(2)23-26-41(44)29-38-18-12-8-13-19-38)45-36(6)33(3)24-27-42(45)30-39-20-14-9-15-21-39/h7-27H,28-30H2,1-6H3. The Morgan fingerprint density at radius 1 is 0.362 bits per heavy atom. The molecule has 0 aromatic heterocycles. The van der Waals surface area contributed by atoms with E-state index in [1.807, 2.05) is 0 Å². The first kappa shape index (κ1) is 32.8. The first-order chi connectivity index (χ1) is 22.7. The molecule has 0 nitrogen and oxygen atoms in total. The Morgan fingerprint density at radius 3 is 0.872 bits per heavy atom. The molecule has 0 saturated heterocycles. The zero-order valence-electron chi connectivity index (χ0n) is 28.6. The zero-order valence-corrected chi connectivity index (χ0v) is 30.4. The summed E-state index contributed by atoms with van der Waals surface area (Å²) in [6, 6.07) is 46.6. The molecule has 0 fully saturated rings. The average molecular weight is 649 g/mol. The van der Waals surface area contributed by atoms with Gasteiger partial charge in [-0.2, -0.15) is 0 Å². The van der Waals surface area contributed by atoms with Crippen LogP contribution in [0.1, 0.15) is 66.8 Å². The van der Waals surface area contributed by atoms with Crippen LogP contribution in [-0.4, -0.2) is 7.38 Å². The van der Waals surface area contributed by atoms with Crippen LogP contribution in [0.25, 0.3) is 0 Å². The molecule has 6 aromatic carbocycles. The molecule has 0 bridgehead atoms. The first-order valence-corrected chi connectivity index (χ1v) is 19.8. The predicted octanol–water partition coefficient (Wildman–Crippen LogP) is 9.52. The van der Waals surface area contributed by atoms with E-state index in [4.69, 9.17) is 11.1 Å². The highest BCUT2D eigenvalue weighted by atomic mass is 35.6. The number of halogens is 1. The Bertz CT molecular complexity index is 1780. The molecule has 236 valence electrons. The van der Waals surface area contributed by atoms with E-state index in [9.17, 15) is 0 Å². The second-order valence-corrected chi connectivity index (χ2v) is 17.8. The van der Waals surface area contributed by atoms with Crippen LogP contribution in [0.4, 0.5) is 0 Å². The normalized spacial score (nSPS) is 11.6. The lowest BCUT2D eigenvalue weighted by atomic mass is 9.99. The van der Waals surface area contributed by atoms with Gasteiger partial charge in [0.15, 0.2) is 0 Å². The Morgan fingerprint density at radius 2 is 0.617 bits per heavy atom. The van der Waals surface area contributed by atoms with E-state index in [0.29, 0.717) is 0 Å². The molecule has 0 unspecified atom stereocenters. The van der Waals surface area contributed by atoms with Crippen molar-refractivity contribution in [2.75, 3.05) is 0 Å². The van der Waals surface area contributed by atoms with E-state index in [-0.39, 0.29) is 0 Å². The molecule has 6 rings (SSSR count). The summed E-state index contributed by atoms with van der Waals surface area (Å²) >= 11 is 8.90. The summed E-state index contributed by atoms with van der Waals surface area (Å²) in [5, 5.41) is 4.07. The highest BCUT2D eigenvalue weighted by Crippen LogP contribution is 2.29. The average Bonchev–Trinajstić information content (AvgIpc) is 3.07. The maximum atomic E-state index is 8.90. The van der Waals surface area contributed by atoms with Gasteiger partial charge in [-0.1, -0.05) is 127 Å². The van der Waals surface area contributed by atoms with E-state index < -0.39 is 7.38 Å². The van der Waals surface area contributed by atoms with E-state index in [1.165, 1.54) is 82.3 Å². The van der Waals surface area contributed by atoms with Crippen molar-refractivity contribution >= 4 is 34.0 Å². The Balaban J connectivity index is 1.74. The van der Waals surface area contributed by atoms with Crippen LogP contribution in [0.3, 0.4) is 0 Å². The van der Waals surface area contributed by atoms with Crippen molar-refractivity contribution in [1.29, 1.82) is 0 Å². The Kier molecular flexibility index (Phi) is 9.69. The van der Waals surface area contributed by atoms with Gasteiger partial charge in [-0.3, -0.25) is 0 Å². The van der Waals surface area contributed by atoms with Crippen LogP contribution >= 0.6 is 11.1 Å². The zero-order chi connectivity index (χ0) is 33.1. The summed E-state index contributed by atoms with van der Waals surface area (Å²) < 4.78 is 0. The van der Waals surface area contributed by atoms with Gasteiger partial charge in [-0.15, -0.1) is 11.1 Å². The molecular formula is C45H45ClSi. The lowest BCUT2D eigenvalue weighted by molar-refractivity contribution is 1.17. The molecule has 0 aliphatic carbocycles. The fraction of sp³-hybridized carbons (Fsp3) is 0.200. The van der Waals surface area contributed by atoms with Crippen LogP contribution in [0.2, 0.25) is 0 Å². The first-order valence-electron chi connectivity index (χ1n) is 16.8. The van der Waals surface area contributed by atoms with E-state index in [2.05, 4.69) is 169 Å². The van der Waals surface area contributed by atoms with Crippen LogP contribution in [0.5, 0.6) is 0 Å². The van der Waals surface area contributed by atoms with Crippen LogP contribution in [-0.2, 0) is 19.3 Å². The minimum absolute atomic E-state index is 0.844. The summed E-state index contributed by atoms with van der Waals surface area (Å²) in [7, 11) is -3.23. The third-order valence-corrected chi connectivity index (χ3v) is 16.1. The van der Waals surface area contributed by atoms with Gasteiger partial charge in [-0.25, -0.2) is 0 Å². The van der Waals surface area contributed by atoms with Gasteiger partial charge in [0.05, 0.1) is 0 Å². The van der Waals surface area contributed by atoms with Crippen molar-refractivity contribution in [3.05, 3.63) is 194 Å². The summed E-state index contributed by atoms with van der Waals surface area (Å²) in [4.78, 5) is 0. The number of rotatable bonds is 9. The highest BCUT2D eigenvalue weighted by Gasteiger charge is 2.46. The number of aryl methyl sites for hydroxylation is 3. The van der Waals surface area contributed by atoms with Crippen molar-refractivity contribution in [2.45, 2.75) is 60.8 Å². The molecule has 2 heteroatoms. The summed E-state index contributed by atoms with van der Waals surface area (Å²) in [6.45, 7) is 13.7. The summed E-state index contributed by atoms with van der Waals surface area (Å²) in [6.07, 6.45) is 2.53. The number of hydrogen-bond acceptors (Lipinski definition) is 0. The molecule has 0 N–H and O–H groups in total. The van der Waals surface area contributed by atoms with E-state index in [0.717, 1.165) is 19.3 Å². The predicted molar refractivity (Wildman–Crippen MR) is 206 cm³/mol. The molecule has 47 heavy (non-hydrogen) atoms. The van der Waals surface area contributed by atoms with Gasteiger partial charge in [0.1, 0.15) is 0 Å². The van der Waals surface area contributed by atoms with Gasteiger partial charge < -0.3 is 0 Å². The fourth-order valence-corrected chi connectivity index (χ4v) is 14.4. The molecular weight excluding hydrogens is 604 g/mol. The summed E-state index contributed by atoms with van der Waals surface area (Å²) in [5.74, 6) is 0. The summed E-state index contributed by atoms with van der Waals surface area (Å²) in [5.41, 5.74) is 15.7. The van der Waals surface area contributed by atoms with Gasteiger partial charge >= 0.3 is 0 Å². The van der Waals surface area contributed by atoms with Gasteiger partial charge in [0.2, 0.25) is 7.38 Å². The van der Waals surface area contributed by atoms with Gasteiger partial charge in [-0.05, 0) is 143 Å². The molecule has 0 atom stereocenters. The minimum atomic E-state index is -3.23. The molecule has 6 aromatic rings. The minimum Gasteiger partial charge on any atom is -0.149 e. The second kappa shape index (κ2) is 13.9. The molecule has 0 spiro atoms. The van der Waals surface area contributed by atoms with Crippen LogP contribution in [0, 0.1) is 41.5 Å². The smallest absolute Gasteiger partial charge is 0.149 e. The molecule has 0 amide bonds. The highest BCUT2D eigenvalue weighted by molar-refractivity contribution is 7.41. The van der Waals surface area contributed by atoms with E-state index >= 15 is 0 Å². The fourth-order valence-electron chi connectivity index (χ4n) is 7.32. The Labute approximate surface area is 287 Å². The van der Waals surface area contributed by atoms with E-state index in [1.54, 1.807) is 0 Å². The quantitative estimate of drug-likeness (QED) is 0.0832. The van der Waals surface area contributed by atoms with Crippen LogP contribution < -0.4 is 15.6 Å². The lowest BCUT2D eigenvalue weighted by Crippen LogP contribution is -2.68. The Hall–Kier alpha value is -4.17. The maximum absolute atomic E-state index is 8.90. The third kappa shape index (κ3) is 6.53. The van der Waals surface area contributed by atoms with Gasteiger partial charge in [0.25, 0.3) is 0 Å². The van der Waals surface area contributed by atoms with Crippen molar-refractivity contribution in [1.82, 2.24) is 0 Å². The third-order valence-electron chi connectivity index (χ3n) is 10.2. The maximum Gasteiger partial charge on any atom is 0.249 e. The molecule has 0 aliphatic rings. The van der Waals surface area contributed by atoms with Gasteiger partial charge in [0, 0.05) is 0 Å². The molecule has 0 aliphatic heterocycles. The van der Waals surface area contributed by atoms with Crippen molar-refractivity contribution in [3.8, 4) is 0 Å². The van der Waals surface area contributed by atoms with Crippen LogP contribution in [0.15, 0.2) is 127 Å². The SMILES string of the molecule is Cc1ccc(Cc2ccccc2)c([Si](Cl)(c2c(Cc3ccccc3)ccc(C)c2C)c2c(Cc3ccccc3)ccc(C)c2C)c1C. The molecule has 0 saturated carbocycles. The topological polar surface area (TPSA) is 0 Å². The van der Waals surface area contributed by atoms with Crippen molar-refractivity contribution in [2.24, 2.45) is 0 Å². The monoisotopic (exact) mass is 648 g/mol. The number of benzene rings is 6. The lowest BCUT2D eigenvalue weighted by Gasteiger charge is -2.37. The second-order valence-electron chi connectivity index (χ2n) is 13.3. The molecule has 0 radical (unpaired) electrons.